The summed E-state index contributed by atoms with van der Waals surface area (Å²) in [6, 6.07) is 11.8. The van der Waals surface area contributed by atoms with Crippen LogP contribution < -0.4 is 15.4 Å². The Morgan fingerprint density at radius 2 is 1.92 bits per heavy atom. The fourth-order valence-electron chi connectivity index (χ4n) is 2.44. The second-order valence-electron chi connectivity index (χ2n) is 5.59. The highest BCUT2D eigenvalue weighted by Crippen LogP contribution is 2.52. The van der Waals surface area contributed by atoms with Crippen LogP contribution in [0.3, 0.4) is 0 Å². The van der Waals surface area contributed by atoms with E-state index in [0.29, 0.717) is 22.7 Å². The minimum Gasteiger partial charge on any atom is -0.482 e. The lowest BCUT2D eigenvalue weighted by Gasteiger charge is -2.23. The SMILES string of the molecule is Cc1ccc(C(Nc2ccc3c(c2)NC(=O)CO3)P(=O)(O)O)cc1. The van der Waals surface area contributed by atoms with Gasteiger partial charge >= 0.3 is 7.60 Å². The summed E-state index contributed by atoms with van der Waals surface area (Å²) in [6.45, 7) is 1.85. The molecule has 0 bridgehead atoms. The normalized spacial score (nSPS) is 15.0. The van der Waals surface area contributed by atoms with E-state index in [4.69, 9.17) is 4.74 Å². The van der Waals surface area contributed by atoms with Gasteiger partial charge in [-0.05, 0) is 30.7 Å². The van der Waals surface area contributed by atoms with Gasteiger partial charge in [0.05, 0.1) is 5.69 Å². The van der Waals surface area contributed by atoms with Crippen LogP contribution >= 0.6 is 7.60 Å². The van der Waals surface area contributed by atoms with E-state index in [1.807, 2.05) is 6.92 Å². The van der Waals surface area contributed by atoms with Crippen molar-refractivity contribution in [3.8, 4) is 5.75 Å². The summed E-state index contributed by atoms with van der Waals surface area (Å²) in [7, 11) is -4.45. The summed E-state index contributed by atoms with van der Waals surface area (Å²) in [4.78, 5) is 30.8. The maximum Gasteiger partial charge on any atom is 0.352 e. The molecule has 1 amide bonds. The third kappa shape index (κ3) is 3.59. The Morgan fingerprint density at radius 1 is 1.21 bits per heavy atom. The van der Waals surface area contributed by atoms with Gasteiger partial charge in [0.25, 0.3) is 5.91 Å². The molecule has 0 fully saturated rings. The summed E-state index contributed by atoms with van der Waals surface area (Å²) in [5.41, 5.74) is 2.40. The van der Waals surface area contributed by atoms with Crippen molar-refractivity contribution < 1.29 is 23.9 Å². The number of amides is 1. The van der Waals surface area contributed by atoms with E-state index in [2.05, 4.69) is 10.6 Å². The van der Waals surface area contributed by atoms with Crippen molar-refractivity contribution in [2.75, 3.05) is 17.2 Å². The fourth-order valence-corrected chi connectivity index (χ4v) is 3.32. The highest BCUT2D eigenvalue weighted by Gasteiger charge is 2.30. The van der Waals surface area contributed by atoms with Gasteiger partial charge in [-0.1, -0.05) is 29.8 Å². The van der Waals surface area contributed by atoms with Gasteiger partial charge in [0.1, 0.15) is 5.75 Å². The molecule has 1 heterocycles. The van der Waals surface area contributed by atoms with E-state index >= 15 is 0 Å². The van der Waals surface area contributed by atoms with Crippen LogP contribution in [0.1, 0.15) is 16.9 Å². The van der Waals surface area contributed by atoms with Gasteiger partial charge in [-0.2, -0.15) is 0 Å². The van der Waals surface area contributed by atoms with Gasteiger partial charge in [0.15, 0.2) is 12.4 Å². The molecular formula is C16H17N2O5P. The molecule has 2 aromatic rings. The molecule has 2 aromatic carbocycles. The Kier molecular flexibility index (Phi) is 4.32. The zero-order valence-electron chi connectivity index (χ0n) is 12.9. The molecule has 1 aliphatic rings. The van der Waals surface area contributed by atoms with Gasteiger partial charge in [0, 0.05) is 5.69 Å². The van der Waals surface area contributed by atoms with Gasteiger partial charge in [-0.25, -0.2) is 0 Å². The Bertz CT molecular complexity index is 816. The number of rotatable bonds is 4. The second kappa shape index (κ2) is 6.28. The minimum absolute atomic E-state index is 0.0474. The van der Waals surface area contributed by atoms with Crippen LogP contribution in [0.5, 0.6) is 5.75 Å². The zero-order chi connectivity index (χ0) is 17.3. The molecule has 0 aromatic heterocycles. The van der Waals surface area contributed by atoms with Crippen LogP contribution in [-0.4, -0.2) is 22.3 Å². The molecule has 1 unspecified atom stereocenters. The summed E-state index contributed by atoms with van der Waals surface area (Å²) in [5, 5.41) is 5.51. The number of nitrogens with one attached hydrogen (secondary N) is 2. The molecule has 0 aliphatic carbocycles. The zero-order valence-corrected chi connectivity index (χ0v) is 13.8. The van der Waals surface area contributed by atoms with E-state index in [9.17, 15) is 19.1 Å². The fraction of sp³-hybridized carbons (Fsp3) is 0.188. The van der Waals surface area contributed by atoms with E-state index in [1.54, 1.807) is 42.5 Å². The Labute approximate surface area is 138 Å². The van der Waals surface area contributed by atoms with E-state index in [1.165, 1.54) is 0 Å². The third-order valence-electron chi connectivity index (χ3n) is 3.65. The average Bonchev–Trinajstić information content (AvgIpc) is 2.52. The molecule has 24 heavy (non-hydrogen) atoms. The first kappa shape index (κ1) is 16.5. The topological polar surface area (TPSA) is 108 Å². The van der Waals surface area contributed by atoms with E-state index in [0.717, 1.165) is 5.56 Å². The van der Waals surface area contributed by atoms with Gasteiger partial charge in [0.2, 0.25) is 0 Å². The monoisotopic (exact) mass is 348 g/mol. The van der Waals surface area contributed by atoms with Crippen LogP contribution in [0.4, 0.5) is 11.4 Å². The minimum atomic E-state index is -4.45. The number of ether oxygens (including phenoxy) is 1. The number of aryl methyl sites for hydroxylation is 1. The molecule has 4 N–H and O–H groups in total. The molecule has 3 rings (SSSR count). The number of carbonyl (C=O) groups excluding carboxylic acids is 1. The highest BCUT2D eigenvalue weighted by molar-refractivity contribution is 7.52. The van der Waals surface area contributed by atoms with Crippen molar-refractivity contribution in [1.29, 1.82) is 0 Å². The first-order valence-electron chi connectivity index (χ1n) is 7.28. The predicted octanol–water partition coefficient (Wildman–Crippen LogP) is 2.61. The number of benzene rings is 2. The molecule has 0 spiro atoms. The number of hydrogen-bond acceptors (Lipinski definition) is 4. The number of anilines is 2. The quantitative estimate of drug-likeness (QED) is 0.633. The van der Waals surface area contributed by atoms with Crippen molar-refractivity contribution in [1.82, 2.24) is 0 Å². The summed E-state index contributed by atoms with van der Waals surface area (Å²) in [5.74, 6) is -0.940. The molecule has 8 heteroatoms. The van der Waals surface area contributed by atoms with Crippen LogP contribution in [0.2, 0.25) is 0 Å². The van der Waals surface area contributed by atoms with Crippen LogP contribution in [0, 0.1) is 6.92 Å². The van der Waals surface area contributed by atoms with Crippen LogP contribution in [0.15, 0.2) is 42.5 Å². The lowest BCUT2D eigenvalue weighted by Crippen LogP contribution is -2.25. The molecule has 1 atom stereocenters. The van der Waals surface area contributed by atoms with Gasteiger partial charge < -0.3 is 25.2 Å². The molecule has 0 saturated heterocycles. The molecule has 7 nitrogen and oxygen atoms in total. The lowest BCUT2D eigenvalue weighted by molar-refractivity contribution is -0.118. The number of carbonyl (C=O) groups is 1. The number of hydrogen-bond donors (Lipinski definition) is 4. The molecular weight excluding hydrogens is 331 g/mol. The number of fused-ring (bicyclic) bond motifs is 1. The Hall–Kier alpha value is -2.34. The van der Waals surface area contributed by atoms with Crippen LogP contribution in [0.25, 0.3) is 0 Å². The lowest BCUT2D eigenvalue weighted by atomic mass is 10.1. The van der Waals surface area contributed by atoms with Crippen molar-refractivity contribution >= 4 is 24.9 Å². The Morgan fingerprint density at radius 3 is 2.58 bits per heavy atom. The van der Waals surface area contributed by atoms with Gasteiger partial charge in [-0.15, -0.1) is 0 Å². The molecule has 0 radical (unpaired) electrons. The van der Waals surface area contributed by atoms with Gasteiger partial charge in [-0.3, -0.25) is 9.36 Å². The molecule has 1 aliphatic heterocycles. The molecule has 126 valence electrons. The maximum absolute atomic E-state index is 11.9. The second-order valence-corrected chi connectivity index (χ2v) is 7.29. The average molecular weight is 348 g/mol. The highest BCUT2D eigenvalue weighted by atomic mass is 31.2. The van der Waals surface area contributed by atoms with Crippen molar-refractivity contribution in [2.45, 2.75) is 12.7 Å². The van der Waals surface area contributed by atoms with Crippen molar-refractivity contribution in [3.63, 3.8) is 0 Å². The van der Waals surface area contributed by atoms with E-state index in [-0.39, 0.29) is 12.5 Å². The maximum atomic E-state index is 11.9. The van der Waals surface area contributed by atoms with E-state index < -0.39 is 13.4 Å². The first-order valence-corrected chi connectivity index (χ1v) is 8.96. The standard InChI is InChI=1S/C16H17N2O5P/c1-10-2-4-11(5-3-10)16(24(20,21)22)17-12-6-7-14-13(8-12)18-15(19)9-23-14/h2-8,16-17H,9H2,1H3,(H,18,19)(H2,20,21,22). The summed E-state index contributed by atoms with van der Waals surface area (Å²) >= 11 is 0. The largest absolute Gasteiger partial charge is 0.482 e. The molecule has 0 saturated carbocycles. The summed E-state index contributed by atoms with van der Waals surface area (Å²) < 4.78 is 17.2. The summed E-state index contributed by atoms with van der Waals surface area (Å²) in [6.07, 6.45) is 0. The predicted molar refractivity (Wildman–Crippen MR) is 90.2 cm³/mol. The Balaban J connectivity index is 1.91. The van der Waals surface area contributed by atoms with Crippen molar-refractivity contribution in [3.05, 3.63) is 53.6 Å². The van der Waals surface area contributed by atoms with Crippen LogP contribution in [-0.2, 0) is 9.36 Å². The third-order valence-corrected chi connectivity index (χ3v) is 4.75. The van der Waals surface area contributed by atoms with Crippen molar-refractivity contribution in [2.24, 2.45) is 0 Å². The first-order chi connectivity index (χ1) is 11.3. The smallest absolute Gasteiger partial charge is 0.352 e.